The summed E-state index contributed by atoms with van der Waals surface area (Å²) in [4.78, 5) is 21.9. The van der Waals surface area contributed by atoms with E-state index in [2.05, 4.69) is 29.1 Å². The fourth-order valence-corrected chi connectivity index (χ4v) is 3.31. The van der Waals surface area contributed by atoms with Gasteiger partial charge >= 0.3 is 0 Å². The molecule has 0 saturated carbocycles. The van der Waals surface area contributed by atoms with Crippen LogP contribution in [0.15, 0.2) is 71.7 Å². The molecule has 1 saturated heterocycles. The van der Waals surface area contributed by atoms with E-state index in [1.54, 1.807) is 0 Å². The summed E-state index contributed by atoms with van der Waals surface area (Å²) in [7, 11) is 0. The molecule has 0 spiro atoms. The maximum atomic E-state index is 12.4. The minimum Gasteiger partial charge on any atom is -0.454 e. The normalized spacial score (nSPS) is 14.3. The van der Waals surface area contributed by atoms with Crippen LogP contribution >= 0.6 is 0 Å². The maximum absolute atomic E-state index is 12.4. The molecule has 144 valence electrons. The number of furan rings is 1. The lowest BCUT2D eigenvalue weighted by Crippen LogP contribution is -2.50. The Kier molecular flexibility index (Phi) is 5.30. The predicted octanol–water partition coefficient (Wildman–Crippen LogP) is 3.27. The average molecular weight is 377 g/mol. The van der Waals surface area contributed by atoms with Gasteiger partial charge in [0, 0.05) is 37.3 Å². The molecule has 1 aromatic heterocycles. The zero-order valence-corrected chi connectivity index (χ0v) is 15.6. The first-order valence-electron chi connectivity index (χ1n) is 9.34. The third-order valence-electron chi connectivity index (χ3n) is 4.87. The lowest BCUT2D eigenvalue weighted by atomic mass is 10.2. The first-order valence-corrected chi connectivity index (χ1v) is 9.34. The van der Waals surface area contributed by atoms with Gasteiger partial charge < -0.3 is 14.2 Å². The van der Waals surface area contributed by atoms with Crippen molar-refractivity contribution in [2.45, 2.75) is 0 Å². The molecule has 1 aliphatic heterocycles. The Balaban J connectivity index is 1.23. The van der Waals surface area contributed by atoms with Gasteiger partial charge in [0.05, 0.1) is 5.70 Å². The van der Waals surface area contributed by atoms with Crippen molar-refractivity contribution < 1.29 is 14.0 Å². The van der Waals surface area contributed by atoms with Crippen molar-refractivity contribution in [2.24, 2.45) is 0 Å². The molecule has 1 aliphatic rings. The highest BCUT2D eigenvalue weighted by Crippen LogP contribution is 2.22. The van der Waals surface area contributed by atoms with Crippen LogP contribution in [-0.4, -0.2) is 43.6 Å². The van der Waals surface area contributed by atoms with Gasteiger partial charge in [0.1, 0.15) is 5.58 Å². The number of carbonyl (C=O) groups is 1. The van der Waals surface area contributed by atoms with Crippen LogP contribution in [0.3, 0.4) is 0 Å². The largest absolute Gasteiger partial charge is 0.454 e. The SMILES string of the molecule is C=C(NOCC(=O)N1CCN(c2ccccc2)CC1)c1cc2ccccc2o1. The molecule has 0 aliphatic carbocycles. The van der Waals surface area contributed by atoms with E-state index < -0.39 is 0 Å². The fraction of sp³-hybridized carbons (Fsp3) is 0.227. The first-order chi connectivity index (χ1) is 13.7. The number of anilines is 1. The second-order valence-corrected chi connectivity index (χ2v) is 6.72. The summed E-state index contributed by atoms with van der Waals surface area (Å²) in [6.07, 6.45) is 0. The standard InChI is InChI=1S/C22H23N3O3/c1-17(21-15-18-7-5-6-10-20(18)28-21)23-27-16-22(26)25-13-11-24(12-14-25)19-8-3-2-4-9-19/h2-10,15,23H,1,11-14,16H2. The predicted molar refractivity (Wildman–Crippen MR) is 110 cm³/mol. The highest BCUT2D eigenvalue weighted by Gasteiger charge is 2.21. The molecular weight excluding hydrogens is 354 g/mol. The van der Waals surface area contributed by atoms with Crippen molar-refractivity contribution in [3.63, 3.8) is 0 Å². The number of para-hydroxylation sites is 2. The highest BCUT2D eigenvalue weighted by molar-refractivity contribution is 5.81. The highest BCUT2D eigenvalue weighted by atomic mass is 16.6. The smallest absolute Gasteiger partial charge is 0.251 e. The van der Waals surface area contributed by atoms with Gasteiger partial charge in [-0.15, -0.1) is 0 Å². The van der Waals surface area contributed by atoms with Crippen molar-refractivity contribution in [3.05, 3.63) is 73.0 Å². The molecule has 1 N–H and O–H groups in total. The second kappa shape index (κ2) is 8.19. The topological polar surface area (TPSA) is 58.0 Å². The first kappa shape index (κ1) is 18.1. The zero-order valence-electron chi connectivity index (χ0n) is 15.6. The quantitative estimate of drug-likeness (QED) is 0.668. The molecule has 6 nitrogen and oxygen atoms in total. The monoisotopic (exact) mass is 377 g/mol. The summed E-state index contributed by atoms with van der Waals surface area (Å²) >= 11 is 0. The average Bonchev–Trinajstić information content (AvgIpc) is 3.19. The van der Waals surface area contributed by atoms with E-state index in [4.69, 9.17) is 9.25 Å². The molecule has 6 heteroatoms. The van der Waals surface area contributed by atoms with Gasteiger partial charge in [0.25, 0.3) is 5.91 Å². The van der Waals surface area contributed by atoms with Gasteiger partial charge in [-0.3, -0.25) is 15.1 Å². The van der Waals surface area contributed by atoms with Crippen LogP contribution in [0.1, 0.15) is 5.76 Å². The van der Waals surface area contributed by atoms with Gasteiger partial charge in [-0.1, -0.05) is 43.0 Å². The van der Waals surface area contributed by atoms with Gasteiger partial charge in [0.15, 0.2) is 12.4 Å². The van der Waals surface area contributed by atoms with Gasteiger partial charge in [-0.05, 0) is 24.3 Å². The number of rotatable bonds is 6. The molecule has 0 unspecified atom stereocenters. The summed E-state index contributed by atoms with van der Waals surface area (Å²) < 4.78 is 5.71. The Morgan fingerprint density at radius 3 is 2.50 bits per heavy atom. The van der Waals surface area contributed by atoms with Crippen LogP contribution < -0.4 is 10.4 Å². The molecule has 1 amide bonds. The summed E-state index contributed by atoms with van der Waals surface area (Å²) in [5.41, 5.74) is 5.18. The number of hydrogen-bond donors (Lipinski definition) is 1. The molecule has 3 aromatic rings. The van der Waals surface area contributed by atoms with Crippen LogP contribution in [0.25, 0.3) is 16.7 Å². The number of hydrogen-bond acceptors (Lipinski definition) is 5. The number of nitrogens with one attached hydrogen (secondary N) is 1. The number of piperazine rings is 1. The summed E-state index contributed by atoms with van der Waals surface area (Å²) in [5.74, 6) is 0.544. The van der Waals surface area contributed by atoms with Gasteiger partial charge in [-0.2, -0.15) is 0 Å². The van der Waals surface area contributed by atoms with E-state index in [-0.39, 0.29) is 12.5 Å². The molecule has 0 atom stereocenters. The van der Waals surface area contributed by atoms with E-state index in [9.17, 15) is 4.79 Å². The van der Waals surface area contributed by atoms with Crippen LogP contribution in [0.5, 0.6) is 0 Å². The Hall–Kier alpha value is -3.25. The molecule has 2 heterocycles. The summed E-state index contributed by atoms with van der Waals surface area (Å²) in [6, 6.07) is 19.9. The number of hydroxylamine groups is 1. The Labute approximate surface area is 163 Å². The van der Waals surface area contributed by atoms with Crippen molar-refractivity contribution in [2.75, 3.05) is 37.7 Å². The van der Waals surface area contributed by atoms with E-state index in [0.29, 0.717) is 24.5 Å². The summed E-state index contributed by atoms with van der Waals surface area (Å²) in [5, 5.41) is 0.993. The number of benzene rings is 2. The third-order valence-corrected chi connectivity index (χ3v) is 4.87. The molecule has 0 radical (unpaired) electrons. The van der Waals surface area contributed by atoms with Crippen molar-refractivity contribution in [1.82, 2.24) is 10.4 Å². The fourth-order valence-electron chi connectivity index (χ4n) is 3.31. The van der Waals surface area contributed by atoms with E-state index in [1.165, 1.54) is 5.69 Å². The molecule has 0 bridgehead atoms. The van der Waals surface area contributed by atoms with Gasteiger partial charge in [-0.25, -0.2) is 0 Å². The van der Waals surface area contributed by atoms with Gasteiger partial charge in [0.2, 0.25) is 0 Å². The molecular formula is C22H23N3O3. The zero-order chi connectivity index (χ0) is 19.3. The van der Waals surface area contributed by atoms with E-state index in [0.717, 1.165) is 24.1 Å². The number of nitrogens with zero attached hydrogens (tertiary/aromatic N) is 2. The molecule has 4 rings (SSSR count). The lowest BCUT2D eigenvalue weighted by molar-refractivity contribution is -0.138. The van der Waals surface area contributed by atoms with Crippen LogP contribution in [0, 0.1) is 0 Å². The van der Waals surface area contributed by atoms with E-state index >= 15 is 0 Å². The van der Waals surface area contributed by atoms with Crippen molar-refractivity contribution in [3.8, 4) is 0 Å². The number of fused-ring (bicyclic) bond motifs is 1. The Bertz CT molecular complexity index is 926. The second-order valence-electron chi connectivity index (χ2n) is 6.72. The maximum Gasteiger partial charge on any atom is 0.251 e. The van der Waals surface area contributed by atoms with E-state index in [1.807, 2.05) is 53.4 Å². The summed E-state index contributed by atoms with van der Waals surface area (Å²) in [6.45, 7) is 6.85. The van der Waals surface area contributed by atoms with Crippen molar-refractivity contribution in [1.29, 1.82) is 0 Å². The Morgan fingerprint density at radius 2 is 1.75 bits per heavy atom. The minimum atomic E-state index is -0.0510. The Morgan fingerprint density at radius 1 is 1.04 bits per heavy atom. The third kappa shape index (κ3) is 4.02. The molecule has 28 heavy (non-hydrogen) atoms. The number of amides is 1. The molecule has 1 fully saturated rings. The molecule has 2 aromatic carbocycles. The minimum absolute atomic E-state index is 0.0439. The van der Waals surface area contributed by atoms with Crippen molar-refractivity contribution >= 4 is 28.3 Å². The van der Waals surface area contributed by atoms with Crippen LogP contribution in [0.4, 0.5) is 5.69 Å². The van der Waals surface area contributed by atoms with Crippen LogP contribution in [0.2, 0.25) is 0 Å². The number of carbonyl (C=O) groups excluding carboxylic acids is 1. The lowest BCUT2D eigenvalue weighted by Gasteiger charge is -2.36. The van der Waals surface area contributed by atoms with Crippen LogP contribution in [-0.2, 0) is 9.63 Å².